The van der Waals surface area contributed by atoms with Gasteiger partial charge >= 0.3 is 5.97 Å². The monoisotopic (exact) mass is 398 g/mol. The normalized spacial score (nSPS) is 16.3. The lowest BCUT2D eigenvalue weighted by molar-refractivity contribution is -0.147. The number of carbonyl (C=O) groups is 3. The molecule has 0 radical (unpaired) electrons. The van der Waals surface area contributed by atoms with Gasteiger partial charge in [0, 0.05) is 25.2 Å². The summed E-state index contributed by atoms with van der Waals surface area (Å²) in [6, 6.07) is 14.5. The molecule has 1 aliphatic rings. The third-order valence-electron chi connectivity index (χ3n) is 5.00. The Balaban J connectivity index is 1.71. The van der Waals surface area contributed by atoms with Crippen molar-refractivity contribution in [3.63, 3.8) is 0 Å². The molecule has 0 aliphatic carbocycles. The number of carboxylic acids is 1. The summed E-state index contributed by atoms with van der Waals surface area (Å²) < 4.78 is 13.1. The van der Waals surface area contributed by atoms with Gasteiger partial charge in [-0.15, -0.1) is 0 Å². The molecular formula is C22H23FN2O4. The lowest BCUT2D eigenvalue weighted by Crippen LogP contribution is -2.47. The van der Waals surface area contributed by atoms with Crippen LogP contribution in [0.3, 0.4) is 0 Å². The minimum absolute atomic E-state index is 0.0779. The predicted octanol–water partition coefficient (Wildman–Crippen LogP) is 2.79. The smallest absolute Gasteiger partial charge is 0.323 e. The van der Waals surface area contributed by atoms with Gasteiger partial charge in [0.2, 0.25) is 5.91 Å². The Bertz CT molecular complexity index is 870. The average Bonchev–Trinajstić information content (AvgIpc) is 2.74. The molecule has 1 aliphatic heterocycles. The largest absolute Gasteiger partial charge is 0.480 e. The molecule has 152 valence electrons. The van der Waals surface area contributed by atoms with E-state index in [0.29, 0.717) is 30.5 Å². The topological polar surface area (TPSA) is 77.9 Å². The molecule has 1 fully saturated rings. The molecule has 1 heterocycles. The molecule has 0 aromatic heterocycles. The van der Waals surface area contributed by atoms with E-state index in [1.165, 1.54) is 29.2 Å². The van der Waals surface area contributed by atoms with Crippen LogP contribution in [0.2, 0.25) is 0 Å². The molecule has 6 nitrogen and oxygen atoms in total. The van der Waals surface area contributed by atoms with Gasteiger partial charge in [0.05, 0.1) is 5.92 Å². The number of likely N-dealkylation sites (tertiary alicyclic amines) is 1. The second-order valence-electron chi connectivity index (χ2n) is 7.17. The van der Waals surface area contributed by atoms with Crippen LogP contribution in [0.1, 0.15) is 28.8 Å². The van der Waals surface area contributed by atoms with Gasteiger partial charge in [0.15, 0.2) is 0 Å². The zero-order valence-corrected chi connectivity index (χ0v) is 16.0. The van der Waals surface area contributed by atoms with Gasteiger partial charge in [-0.25, -0.2) is 4.39 Å². The maximum atomic E-state index is 13.1. The van der Waals surface area contributed by atoms with Crippen LogP contribution in [0.25, 0.3) is 0 Å². The number of hydrogen-bond donors (Lipinski definition) is 1. The Morgan fingerprint density at radius 1 is 1.07 bits per heavy atom. The number of halogens is 1. The molecule has 1 saturated heterocycles. The second-order valence-corrected chi connectivity index (χ2v) is 7.17. The maximum Gasteiger partial charge on any atom is 0.323 e. The Hall–Kier alpha value is -3.22. The molecule has 7 heteroatoms. The summed E-state index contributed by atoms with van der Waals surface area (Å²) >= 11 is 0. The standard InChI is InChI=1S/C22H23FN2O4/c23-19-10-8-16(9-11-19)13-25(15-20(26)27)22(29)18-7-4-12-24(14-18)21(28)17-5-2-1-3-6-17/h1-3,5-6,8-11,18H,4,7,12-15H2,(H,26,27). The second kappa shape index (κ2) is 9.32. The third kappa shape index (κ3) is 5.40. The van der Waals surface area contributed by atoms with Gasteiger partial charge < -0.3 is 14.9 Å². The van der Waals surface area contributed by atoms with Crippen molar-refractivity contribution in [3.05, 3.63) is 71.5 Å². The van der Waals surface area contributed by atoms with Crippen molar-refractivity contribution in [2.24, 2.45) is 5.92 Å². The number of rotatable bonds is 6. The van der Waals surface area contributed by atoms with Crippen molar-refractivity contribution in [1.29, 1.82) is 0 Å². The van der Waals surface area contributed by atoms with Crippen molar-refractivity contribution >= 4 is 17.8 Å². The first-order valence-electron chi connectivity index (χ1n) is 9.53. The SMILES string of the molecule is O=C(O)CN(Cc1ccc(F)cc1)C(=O)C1CCCN(C(=O)c2ccccc2)C1. The van der Waals surface area contributed by atoms with Crippen LogP contribution >= 0.6 is 0 Å². The molecule has 29 heavy (non-hydrogen) atoms. The third-order valence-corrected chi connectivity index (χ3v) is 5.00. The minimum Gasteiger partial charge on any atom is -0.480 e. The van der Waals surface area contributed by atoms with Gasteiger partial charge in [-0.2, -0.15) is 0 Å². The Morgan fingerprint density at radius 2 is 1.76 bits per heavy atom. The van der Waals surface area contributed by atoms with Crippen molar-refractivity contribution < 1.29 is 23.9 Å². The number of amides is 2. The lowest BCUT2D eigenvalue weighted by atomic mass is 9.95. The molecule has 2 aromatic rings. The molecule has 0 saturated carbocycles. The van der Waals surface area contributed by atoms with E-state index in [1.807, 2.05) is 6.07 Å². The van der Waals surface area contributed by atoms with E-state index < -0.39 is 24.2 Å². The van der Waals surface area contributed by atoms with E-state index >= 15 is 0 Å². The summed E-state index contributed by atoms with van der Waals surface area (Å²) in [4.78, 5) is 40.0. The summed E-state index contributed by atoms with van der Waals surface area (Å²) in [5, 5.41) is 9.22. The fraction of sp³-hybridized carbons (Fsp3) is 0.318. The van der Waals surface area contributed by atoms with E-state index in [4.69, 9.17) is 0 Å². The Morgan fingerprint density at radius 3 is 2.41 bits per heavy atom. The van der Waals surface area contributed by atoms with E-state index in [9.17, 15) is 23.9 Å². The minimum atomic E-state index is -1.12. The van der Waals surface area contributed by atoms with Gasteiger partial charge in [-0.1, -0.05) is 30.3 Å². The van der Waals surface area contributed by atoms with Crippen LogP contribution < -0.4 is 0 Å². The maximum absolute atomic E-state index is 13.1. The summed E-state index contributed by atoms with van der Waals surface area (Å²) in [5.74, 6) is -2.41. The summed E-state index contributed by atoms with van der Waals surface area (Å²) in [6.07, 6.45) is 1.27. The highest BCUT2D eigenvalue weighted by Gasteiger charge is 2.32. The molecular weight excluding hydrogens is 375 g/mol. The van der Waals surface area contributed by atoms with Crippen molar-refractivity contribution in [3.8, 4) is 0 Å². The molecule has 0 bridgehead atoms. The highest BCUT2D eigenvalue weighted by molar-refractivity contribution is 5.94. The number of carboxylic acid groups (broad SMARTS) is 1. The highest BCUT2D eigenvalue weighted by Crippen LogP contribution is 2.22. The first-order chi connectivity index (χ1) is 13.9. The molecule has 1 N–H and O–H groups in total. The Kier molecular flexibility index (Phi) is 6.59. The molecule has 0 spiro atoms. The van der Waals surface area contributed by atoms with Crippen LogP contribution in [0.4, 0.5) is 4.39 Å². The summed E-state index contributed by atoms with van der Waals surface area (Å²) in [7, 11) is 0. The first-order valence-corrected chi connectivity index (χ1v) is 9.53. The van der Waals surface area contributed by atoms with Crippen LogP contribution in [-0.2, 0) is 16.1 Å². The number of hydrogen-bond acceptors (Lipinski definition) is 3. The number of nitrogens with zero attached hydrogens (tertiary/aromatic N) is 2. The molecule has 1 unspecified atom stereocenters. The van der Waals surface area contributed by atoms with E-state index in [2.05, 4.69) is 0 Å². The van der Waals surface area contributed by atoms with Crippen LogP contribution in [-0.4, -0.2) is 52.3 Å². The predicted molar refractivity (Wildman–Crippen MR) is 105 cm³/mol. The van der Waals surface area contributed by atoms with Crippen LogP contribution in [0.15, 0.2) is 54.6 Å². The molecule has 3 rings (SSSR count). The van der Waals surface area contributed by atoms with Gasteiger partial charge in [0.1, 0.15) is 12.4 Å². The highest BCUT2D eigenvalue weighted by atomic mass is 19.1. The zero-order valence-electron chi connectivity index (χ0n) is 16.0. The molecule has 2 amide bonds. The van der Waals surface area contributed by atoms with Gasteiger partial charge in [-0.05, 0) is 42.7 Å². The lowest BCUT2D eigenvalue weighted by Gasteiger charge is -2.34. The van der Waals surface area contributed by atoms with Crippen LogP contribution in [0, 0.1) is 11.7 Å². The average molecular weight is 398 g/mol. The van der Waals surface area contributed by atoms with Crippen LogP contribution in [0.5, 0.6) is 0 Å². The fourth-order valence-corrected chi connectivity index (χ4v) is 3.57. The van der Waals surface area contributed by atoms with Gasteiger partial charge in [0.25, 0.3) is 5.91 Å². The van der Waals surface area contributed by atoms with E-state index in [1.54, 1.807) is 29.2 Å². The van der Waals surface area contributed by atoms with Crippen molar-refractivity contribution in [1.82, 2.24) is 9.80 Å². The first kappa shape index (κ1) is 20.5. The zero-order chi connectivity index (χ0) is 20.8. The van der Waals surface area contributed by atoms with Crippen molar-refractivity contribution in [2.45, 2.75) is 19.4 Å². The van der Waals surface area contributed by atoms with E-state index in [0.717, 1.165) is 0 Å². The molecule has 1 atom stereocenters. The van der Waals surface area contributed by atoms with Crippen molar-refractivity contribution in [2.75, 3.05) is 19.6 Å². The fourth-order valence-electron chi connectivity index (χ4n) is 3.57. The van der Waals surface area contributed by atoms with E-state index in [-0.39, 0.29) is 24.9 Å². The number of benzene rings is 2. The molecule has 2 aromatic carbocycles. The summed E-state index contributed by atoms with van der Waals surface area (Å²) in [6.45, 7) is 0.453. The number of carbonyl (C=O) groups excluding carboxylic acids is 2. The Labute approximate surface area is 168 Å². The van der Waals surface area contributed by atoms with Gasteiger partial charge in [-0.3, -0.25) is 14.4 Å². The summed E-state index contributed by atoms with van der Waals surface area (Å²) in [5.41, 5.74) is 1.21. The number of aliphatic carboxylic acids is 1. The quantitative estimate of drug-likeness (QED) is 0.812. The number of piperidine rings is 1.